The predicted octanol–water partition coefficient (Wildman–Crippen LogP) is 2.19. The number of rotatable bonds is 3. The van der Waals surface area contributed by atoms with Crippen molar-refractivity contribution in [3.8, 4) is 0 Å². The second-order valence-electron chi connectivity index (χ2n) is 2.73. The van der Waals surface area contributed by atoms with Crippen molar-refractivity contribution in [3.63, 3.8) is 0 Å². The third-order valence-corrected chi connectivity index (χ3v) is 1.54. The minimum Gasteiger partial charge on any atom is -0.999 e. The second kappa shape index (κ2) is 9.14. The molecule has 0 aliphatic rings. The molecule has 0 bridgehead atoms. The van der Waals surface area contributed by atoms with Crippen LogP contribution in [0.1, 0.15) is 30.1 Å². The average molecular weight is 248 g/mol. The van der Waals surface area contributed by atoms with Gasteiger partial charge in [0.15, 0.2) is 0 Å². The van der Waals surface area contributed by atoms with Crippen molar-refractivity contribution < 1.29 is 21.9 Å². The molecular formula is C14H8FeO-10. The molecule has 0 N–H and O–H groups in total. The Labute approximate surface area is 108 Å². The van der Waals surface area contributed by atoms with Crippen LogP contribution in [0.4, 0.5) is 0 Å². The molecule has 1 nitrogen and oxygen atoms in total. The molecule has 0 amide bonds. The topological polar surface area (TPSA) is 17.1 Å². The first-order valence-electron chi connectivity index (χ1n) is 4.59. The molecule has 0 fully saturated rings. The van der Waals surface area contributed by atoms with Crippen molar-refractivity contribution in [2.45, 2.75) is 19.8 Å². The van der Waals surface area contributed by atoms with Crippen molar-refractivity contribution in [2.24, 2.45) is 0 Å². The molecule has 2 aromatic rings. The van der Waals surface area contributed by atoms with E-state index in [1.54, 1.807) is 6.07 Å². The zero-order valence-electron chi connectivity index (χ0n) is 8.75. The fraction of sp³-hybridized carbons (Fsp3) is 0.214. The first kappa shape index (κ1) is 14.9. The van der Waals surface area contributed by atoms with Crippen molar-refractivity contribution >= 4 is 5.78 Å². The monoisotopic (exact) mass is 248 g/mol. The molecule has 2 aromatic carbocycles. The van der Waals surface area contributed by atoms with Gasteiger partial charge in [0.1, 0.15) is 0 Å². The molecule has 0 heterocycles. The van der Waals surface area contributed by atoms with E-state index in [4.69, 9.17) is 0 Å². The molecule has 0 radical (unpaired) electrons. The normalized spacial score (nSPS) is 8.56. The van der Waals surface area contributed by atoms with Crippen molar-refractivity contribution in [1.82, 2.24) is 0 Å². The minimum atomic E-state index is 0. The van der Waals surface area contributed by atoms with Gasteiger partial charge in [0, 0.05) is 17.1 Å². The summed E-state index contributed by atoms with van der Waals surface area (Å²) in [6.45, 7) is 1.97. The van der Waals surface area contributed by atoms with Crippen LogP contribution in [-0.2, 0) is 17.1 Å². The summed E-state index contributed by atoms with van der Waals surface area (Å²) >= 11 is 0. The van der Waals surface area contributed by atoms with Gasteiger partial charge in [0.25, 0.3) is 0 Å². The van der Waals surface area contributed by atoms with Crippen LogP contribution in [0.15, 0.2) is 6.07 Å². The largest absolute Gasteiger partial charge is 0.999 e. The molecule has 2 rings (SSSR count). The Kier molecular flexibility index (Phi) is 8.51. The van der Waals surface area contributed by atoms with E-state index in [9.17, 15) is 4.79 Å². The van der Waals surface area contributed by atoms with Gasteiger partial charge in [-0.25, -0.2) is 0 Å². The van der Waals surface area contributed by atoms with Crippen molar-refractivity contribution in [1.29, 1.82) is 0 Å². The maximum absolute atomic E-state index is 11.0. The minimum absolute atomic E-state index is 0. The van der Waals surface area contributed by atoms with Crippen LogP contribution in [-0.4, -0.2) is 5.78 Å². The van der Waals surface area contributed by atoms with Gasteiger partial charge >= 0.3 is 0 Å². The number of hydrogen-bond donors (Lipinski definition) is 0. The molecule has 0 aliphatic carbocycles. The van der Waals surface area contributed by atoms with Crippen LogP contribution in [0.25, 0.3) is 0 Å². The quantitative estimate of drug-likeness (QED) is 0.462. The Morgan fingerprint density at radius 3 is 2.06 bits per heavy atom. The summed E-state index contributed by atoms with van der Waals surface area (Å²) in [4.78, 5) is 11.0. The van der Waals surface area contributed by atoms with Gasteiger partial charge in [0.05, 0.1) is 0 Å². The standard InChI is InChI=1S/C9H7O.C5H.Fe/c1-2-5-9(10)8-6-3-4-7-8;1-2-4-5-3-1;/h2,5H2,1H3;1H;/q2*-5;. The van der Waals surface area contributed by atoms with E-state index in [0.29, 0.717) is 12.0 Å². The molecule has 0 aliphatic heterocycles. The van der Waals surface area contributed by atoms with Gasteiger partial charge < -0.3 is 65.0 Å². The summed E-state index contributed by atoms with van der Waals surface area (Å²) < 4.78 is 0. The Morgan fingerprint density at radius 1 is 1.12 bits per heavy atom. The van der Waals surface area contributed by atoms with Gasteiger partial charge in [-0.3, -0.25) is 5.78 Å². The molecule has 0 saturated carbocycles. The molecule has 0 spiro atoms. The fourth-order valence-electron chi connectivity index (χ4n) is 0.891. The van der Waals surface area contributed by atoms with Crippen LogP contribution in [0.2, 0.25) is 0 Å². The maximum atomic E-state index is 11.0. The number of carbonyl (C=O) groups is 1. The summed E-state index contributed by atoms with van der Waals surface area (Å²) in [5.41, 5.74) is 0.488. The van der Waals surface area contributed by atoms with Crippen LogP contribution in [0.3, 0.4) is 0 Å². The van der Waals surface area contributed by atoms with Crippen LogP contribution in [0, 0.1) is 48.5 Å². The number of hydrogen-bond acceptors (Lipinski definition) is 1. The number of Topliss-reactive ketones (excluding diaryl/α,β-unsaturated/α-hetero) is 1. The molecule has 16 heavy (non-hydrogen) atoms. The zero-order valence-corrected chi connectivity index (χ0v) is 9.86. The summed E-state index contributed by atoms with van der Waals surface area (Å²) in [6, 6.07) is 22.4. The van der Waals surface area contributed by atoms with Gasteiger partial charge in [0.2, 0.25) is 0 Å². The maximum Gasteiger partial charge on any atom is 0 e. The van der Waals surface area contributed by atoms with Crippen LogP contribution >= 0.6 is 0 Å². The molecule has 0 unspecified atom stereocenters. The Balaban J connectivity index is 0.000000318. The van der Waals surface area contributed by atoms with Gasteiger partial charge in [-0.05, 0) is 0 Å². The van der Waals surface area contributed by atoms with Gasteiger partial charge in [-0.15, -0.1) is 6.42 Å². The first-order valence-corrected chi connectivity index (χ1v) is 4.59. The van der Waals surface area contributed by atoms with Crippen LogP contribution < -0.4 is 0 Å². The first-order chi connectivity index (χ1) is 7.34. The van der Waals surface area contributed by atoms with E-state index in [0.717, 1.165) is 6.42 Å². The van der Waals surface area contributed by atoms with E-state index in [-0.39, 0.29) is 22.9 Å². The number of ketones is 1. The molecule has 0 saturated heterocycles. The third kappa shape index (κ3) is 5.69. The Morgan fingerprint density at radius 2 is 1.69 bits per heavy atom. The van der Waals surface area contributed by atoms with Crippen molar-refractivity contribution in [2.75, 3.05) is 0 Å². The van der Waals surface area contributed by atoms with E-state index in [1.807, 2.05) is 6.92 Å². The molecule has 0 aromatic heterocycles. The van der Waals surface area contributed by atoms with Crippen molar-refractivity contribution in [3.05, 3.63) is 60.2 Å². The average Bonchev–Trinajstić information content (AvgIpc) is 2.95. The van der Waals surface area contributed by atoms with E-state index < -0.39 is 0 Å². The summed E-state index contributed by atoms with van der Waals surface area (Å²) in [5.74, 6) is 0.0833. The zero-order chi connectivity index (χ0) is 10.9. The Bertz CT molecular complexity index is 329. The van der Waals surface area contributed by atoms with E-state index in [1.165, 1.54) is 0 Å². The van der Waals surface area contributed by atoms with Gasteiger partial charge in [-0.2, -0.15) is 0 Å². The van der Waals surface area contributed by atoms with Crippen LogP contribution in [0.5, 0.6) is 0 Å². The second-order valence-corrected chi connectivity index (χ2v) is 2.73. The SMILES string of the molecule is CCCC(=O)[c-]1[c-][c-][c-][c-]1.[Fe].[c-]1[c-][c-][cH-][c-]1. The van der Waals surface area contributed by atoms with E-state index >= 15 is 0 Å². The summed E-state index contributed by atoms with van der Waals surface area (Å²) in [5, 5.41) is 0. The summed E-state index contributed by atoms with van der Waals surface area (Å²) in [7, 11) is 0. The van der Waals surface area contributed by atoms with Gasteiger partial charge in [-0.1, -0.05) is 13.3 Å². The third-order valence-electron chi connectivity index (χ3n) is 1.54. The molecule has 2 heteroatoms. The van der Waals surface area contributed by atoms with E-state index in [2.05, 4.69) is 48.5 Å². The molecule has 88 valence electrons. The summed E-state index contributed by atoms with van der Waals surface area (Å²) in [6.07, 6.45) is 1.43. The predicted molar refractivity (Wildman–Crippen MR) is 54.0 cm³/mol. The smallest absolute Gasteiger partial charge is 0 e. The molecule has 0 atom stereocenters. The Hall–Kier alpha value is -1.11. The fourth-order valence-corrected chi connectivity index (χ4v) is 0.891. The number of carbonyl (C=O) groups excluding carboxylic acids is 1. The molecular weight excluding hydrogens is 240 g/mol.